The van der Waals surface area contributed by atoms with E-state index in [-0.39, 0.29) is 29.2 Å². The van der Waals surface area contributed by atoms with E-state index in [1.165, 1.54) is 14.2 Å². The number of carbonyl (C=O) groups excluding carboxylic acids is 2. The molecule has 0 radical (unpaired) electrons. The number of methoxy groups -OCH3 is 2. The number of fused-ring (bicyclic) bond motifs is 1. The summed E-state index contributed by atoms with van der Waals surface area (Å²) in [6.07, 6.45) is 0.394. The molecule has 1 aromatic heterocycles. The number of H-pyrrole nitrogens is 1. The Morgan fingerprint density at radius 2 is 1.62 bits per heavy atom. The smallest absolute Gasteiger partial charge is 0.311 e. The monoisotopic (exact) mass is 447 g/mol. The van der Waals surface area contributed by atoms with Crippen LogP contribution in [0.4, 0.5) is 0 Å². The fourth-order valence-electron chi connectivity index (χ4n) is 4.23. The average Bonchev–Trinajstić information content (AvgIpc) is 2.71. The number of nitrogens with zero attached hydrogens (tertiary/aromatic N) is 2. The normalized spacial score (nSPS) is 13.0. The summed E-state index contributed by atoms with van der Waals surface area (Å²) in [5.74, 6) is -2.09. The van der Waals surface area contributed by atoms with Crippen LogP contribution >= 0.6 is 0 Å². The summed E-state index contributed by atoms with van der Waals surface area (Å²) >= 11 is 0. The lowest BCUT2D eigenvalue weighted by molar-refractivity contribution is -0.151. The van der Waals surface area contributed by atoms with Gasteiger partial charge in [-0.25, -0.2) is 5.10 Å². The summed E-state index contributed by atoms with van der Waals surface area (Å²) in [6.45, 7) is 9.98. The fourth-order valence-corrected chi connectivity index (χ4v) is 4.23. The predicted octanol–water partition coefficient (Wildman–Crippen LogP) is 2.19. The van der Waals surface area contributed by atoms with Gasteiger partial charge in [0.2, 0.25) is 0 Å². The first kappa shape index (κ1) is 25.2. The van der Waals surface area contributed by atoms with Crippen LogP contribution in [0.2, 0.25) is 0 Å². The Kier molecular flexibility index (Phi) is 7.54. The zero-order chi connectivity index (χ0) is 24.3. The quantitative estimate of drug-likeness (QED) is 0.618. The van der Waals surface area contributed by atoms with Gasteiger partial charge in [-0.2, -0.15) is 4.79 Å². The molecule has 0 bridgehead atoms. The van der Waals surface area contributed by atoms with Crippen LogP contribution in [-0.2, 0) is 19.1 Å². The van der Waals surface area contributed by atoms with Crippen molar-refractivity contribution in [1.82, 2.24) is 9.89 Å². The molecule has 0 saturated heterocycles. The molecule has 9 heteroatoms. The molecule has 0 aliphatic rings. The number of aromatic nitrogens is 2. The molecule has 176 valence electrons. The van der Waals surface area contributed by atoms with Gasteiger partial charge in [0, 0.05) is 0 Å². The van der Waals surface area contributed by atoms with Gasteiger partial charge in [0.05, 0.1) is 49.4 Å². The van der Waals surface area contributed by atoms with Crippen molar-refractivity contribution >= 4 is 22.7 Å². The van der Waals surface area contributed by atoms with E-state index in [0.29, 0.717) is 6.42 Å². The van der Waals surface area contributed by atoms with E-state index in [0.717, 1.165) is 4.79 Å². The van der Waals surface area contributed by atoms with Crippen molar-refractivity contribution < 1.29 is 19.1 Å². The maximum atomic E-state index is 13.4. The highest BCUT2D eigenvalue weighted by Gasteiger charge is 2.37. The maximum Gasteiger partial charge on any atom is 0.311 e. The number of esters is 2. The SMILES string of the molecule is COC(=O)CC(CN(n1[nH]c(=O)c2ccccc2c1=O)C(C)(C)CC(C)(C)C)C(=O)OC. The Hall–Kier alpha value is -3.10. The number of ether oxygens (including phenoxy) is 2. The van der Waals surface area contributed by atoms with Crippen molar-refractivity contribution in [3.63, 3.8) is 0 Å². The number of rotatable bonds is 8. The second kappa shape index (κ2) is 9.58. The highest BCUT2D eigenvalue weighted by atomic mass is 16.5. The molecule has 0 aliphatic heterocycles. The van der Waals surface area contributed by atoms with E-state index in [9.17, 15) is 19.2 Å². The summed E-state index contributed by atoms with van der Waals surface area (Å²) in [5, 5.41) is 4.82. The molecule has 0 fully saturated rings. The van der Waals surface area contributed by atoms with Crippen LogP contribution in [-0.4, -0.2) is 48.1 Å². The number of nitrogens with one attached hydrogen (secondary N) is 1. The van der Waals surface area contributed by atoms with E-state index in [1.54, 1.807) is 29.3 Å². The Balaban J connectivity index is 2.69. The van der Waals surface area contributed by atoms with Crippen molar-refractivity contribution in [2.24, 2.45) is 11.3 Å². The molecular weight excluding hydrogens is 414 g/mol. The van der Waals surface area contributed by atoms with Crippen molar-refractivity contribution in [3.05, 3.63) is 45.0 Å². The first-order chi connectivity index (χ1) is 14.8. The maximum absolute atomic E-state index is 13.4. The molecule has 0 aliphatic carbocycles. The molecule has 2 aromatic rings. The van der Waals surface area contributed by atoms with E-state index in [4.69, 9.17) is 9.47 Å². The van der Waals surface area contributed by atoms with E-state index in [2.05, 4.69) is 25.9 Å². The minimum absolute atomic E-state index is 0.0426. The number of aromatic amines is 1. The summed E-state index contributed by atoms with van der Waals surface area (Å²) in [4.78, 5) is 51.7. The molecule has 32 heavy (non-hydrogen) atoms. The minimum Gasteiger partial charge on any atom is -0.469 e. The molecule has 2 rings (SSSR count). The van der Waals surface area contributed by atoms with Gasteiger partial charge in [0.25, 0.3) is 11.1 Å². The second-order valence-corrected chi connectivity index (χ2v) is 9.74. The van der Waals surface area contributed by atoms with Crippen molar-refractivity contribution in [2.75, 3.05) is 25.8 Å². The molecule has 1 N–H and O–H groups in total. The highest BCUT2D eigenvalue weighted by Crippen LogP contribution is 2.31. The summed E-state index contributed by atoms with van der Waals surface area (Å²) in [6, 6.07) is 6.54. The number of hydrogen-bond acceptors (Lipinski definition) is 7. The molecule has 1 heterocycles. The van der Waals surface area contributed by atoms with Gasteiger partial charge >= 0.3 is 11.9 Å². The lowest BCUT2D eigenvalue weighted by Gasteiger charge is -2.44. The fraction of sp³-hybridized carbons (Fsp3) is 0.565. The molecule has 1 aromatic carbocycles. The summed E-state index contributed by atoms with van der Waals surface area (Å²) in [7, 11) is 2.48. The van der Waals surface area contributed by atoms with Gasteiger partial charge < -0.3 is 9.47 Å². The zero-order valence-corrected chi connectivity index (χ0v) is 19.9. The number of carbonyl (C=O) groups is 2. The zero-order valence-electron chi connectivity index (χ0n) is 19.9. The molecule has 9 nitrogen and oxygen atoms in total. The van der Waals surface area contributed by atoms with Crippen molar-refractivity contribution in [1.29, 1.82) is 0 Å². The van der Waals surface area contributed by atoms with Crippen molar-refractivity contribution in [3.8, 4) is 0 Å². The third-order valence-corrected chi connectivity index (χ3v) is 5.27. The number of benzene rings is 1. The standard InChI is InChI=1S/C23H33N3O6/c1-22(2,3)14-23(4,5)25(13-15(21(30)32-7)12-18(27)31-6)26-20(29)17-11-9-8-10-16(17)19(28)24-26/h8-11,15H,12-14H2,1-7H3,(H,24,28). The van der Waals surface area contributed by atoms with Crippen LogP contribution in [0.15, 0.2) is 33.9 Å². The van der Waals surface area contributed by atoms with Crippen LogP contribution < -0.4 is 16.1 Å². The Labute approximate surface area is 187 Å². The molecule has 1 unspecified atom stereocenters. The minimum atomic E-state index is -0.909. The van der Waals surface area contributed by atoms with Gasteiger partial charge in [-0.15, -0.1) is 0 Å². The highest BCUT2D eigenvalue weighted by molar-refractivity contribution is 5.81. The molecule has 1 atom stereocenters. The molecule has 0 spiro atoms. The van der Waals surface area contributed by atoms with Crippen LogP contribution in [0.1, 0.15) is 47.5 Å². The van der Waals surface area contributed by atoms with Gasteiger partial charge in [0.1, 0.15) is 0 Å². The van der Waals surface area contributed by atoms with E-state index in [1.807, 2.05) is 13.8 Å². The average molecular weight is 448 g/mol. The molecular formula is C23H33N3O6. The van der Waals surface area contributed by atoms with Gasteiger partial charge in [-0.05, 0) is 37.8 Å². The lowest BCUT2D eigenvalue weighted by Crippen LogP contribution is -2.60. The number of hydrogen-bond donors (Lipinski definition) is 1. The van der Waals surface area contributed by atoms with Crippen LogP contribution in [0.25, 0.3) is 10.8 Å². The Morgan fingerprint density at radius 3 is 2.16 bits per heavy atom. The van der Waals surface area contributed by atoms with Crippen LogP contribution in [0.3, 0.4) is 0 Å². The Bertz CT molecular complexity index is 1090. The van der Waals surface area contributed by atoms with E-state index >= 15 is 0 Å². The molecule has 0 saturated carbocycles. The Morgan fingerprint density at radius 1 is 1.03 bits per heavy atom. The topological polar surface area (TPSA) is 111 Å². The van der Waals surface area contributed by atoms with Crippen molar-refractivity contribution in [2.45, 2.75) is 53.0 Å². The second-order valence-electron chi connectivity index (χ2n) is 9.74. The van der Waals surface area contributed by atoms with Crippen LogP contribution in [0.5, 0.6) is 0 Å². The van der Waals surface area contributed by atoms with Gasteiger partial charge in [-0.1, -0.05) is 32.9 Å². The van der Waals surface area contributed by atoms with Gasteiger partial charge in [0.15, 0.2) is 0 Å². The third-order valence-electron chi connectivity index (χ3n) is 5.27. The first-order valence-electron chi connectivity index (χ1n) is 10.5. The van der Waals surface area contributed by atoms with Gasteiger partial charge in [-0.3, -0.25) is 24.2 Å². The van der Waals surface area contributed by atoms with Crippen LogP contribution in [0, 0.1) is 11.3 Å². The third kappa shape index (κ3) is 5.77. The lowest BCUT2D eigenvalue weighted by atomic mass is 9.81. The first-order valence-corrected chi connectivity index (χ1v) is 10.5. The summed E-state index contributed by atoms with van der Waals surface area (Å²) in [5.41, 5.74) is -1.68. The van der Waals surface area contributed by atoms with E-state index < -0.39 is 34.5 Å². The summed E-state index contributed by atoms with van der Waals surface area (Å²) < 4.78 is 9.64. The predicted molar refractivity (Wildman–Crippen MR) is 122 cm³/mol. The molecule has 0 amide bonds. The largest absolute Gasteiger partial charge is 0.469 e.